The highest BCUT2D eigenvalue weighted by Gasteiger charge is 2.49. The molecule has 0 bridgehead atoms. The molecule has 146 valence electrons. The fourth-order valence-corrected chi connectivity index (χ4v) is 3.36. The molecule has 1 N–H and O–H groups in total. The van der Waals surface area contributed by atoms with Crippen molar-refractivity contribution in [3.8, 4) is 0 Å². The van der Waals surface area contributed by atoms with Crippen molar-refractivity contribution >= 4 is 29.5 Å². The van der Waals surface area contributed by atoms with E-state index < -0.39 is 0 Å². The lowest BCUT2D eigenvalue weighted by Crippen LogP contribution is -2.51. The van der Waals surface area contributed by atoms with Gasteiger partial charge in [0, 0.05) is 37.7 Å². The molecule has 0 spiro atoms. The smallest absolute Gasteiger partial charge is 0.409 e. The van der Waals surface area contributed by atoms with Gasteiger partial charge >= 0.3 is 6.09 Å². The van der Waals surface area contributed by atoms with Crippen molar-refractivity contribution in [2.24, 2.45) is 11.8 Å². The Morgan fingerprint density at radius 3 is 2.33 bits per heavy atom. The second-order valence-electron chi connectivity index (χ2n) is 6.80. The van der Waals surface area contributed by atoms with Gasteiger partial charge in [-0.25, -0.2) is 4.79 Å². The number of hydrogen-bond acceptors (Lipinski definition) is 4. The zero-order chi connectivity index (χ0) is 19.4. The van der Waals surface area contributed by atoms with E-state index in [0.717, 1.165) is 5.56 Å². The minimum absolute atomic E-state index is 0.00477. The van der Waals surface area contributed by atoms with Crippen LogP contribution in [0.5, 0.6) is 0 Å². The normalized spacial score (nSPS) is 21.6. The van der Waals surface area contributed by atoms with Gasteiger partial charge in [-0.1, -0.05) is 23.7 Å². The molecule has 3 amide bonds. The van der Waals surface area contributed by atoms with E-state index in [9.17, 15) is 14.4 Å². The number of benzene rings is 1. The molecule has 1 heterocycles. The molecule has 2 atom stereocenters. The fraction of sp³-hybridized carbons (Fsp3) is 0.526. The number of carbonyl (C=O) groups excluding carboxylic acids is 3. The van der Waals surface area contributed by atoms with Gasteiger partial charge < -0.3 is 19.9 Å². The fourth-order valence-electron chi connectivity index (χ4n) is 3.24. The lowest BCUT2D eigenvalue weighted by atomic mass is 10.2. The highest BCUT2D eigenvalue weighted by Crippen LogP contribution is 2.40. The first-order valence-corrected chi connectivity index (χ1v) is 9.60. The third-order valence-corrected chi connectivity index (χ3v) is 5.19. The first kappa shape index (κ1) is 19.5. The third-order valence-electron chi connectivity index (χ3n) is 4.94. The number of hydrogen-bond donors (Lipinski definition) is 1. The van der Waals surface area contributed by atoms with E-state index in [4.69, 9.17) is 16.3 Å². The Balaban J connectivity index is 1.41. The standard InChI is InChI=1S/C19H24ClN3O4/c1-2-27-19(26)23-9-7-22(8-10-23)18(25)16-11-15(16)17(24)21-12-13-3-5-14(20)6-4-13/h3-6,15-16H,2,7-12H2,1H3,(H,21,24). The van der Waals surface area contributed by atoms with Gasteiger partial charge in [-0.15, -0.1) is 0 Å². The molecule has 1 aromatic carbocycles. The molecule has 1 aliphatic carbocycles. The summed E-state index contributed by atoms with van der Waals surface area (Å²) in [7, 11) is 0. The molecule has 0 aromatic heterocycles. The third kappa shape index (κ3) is 4.91. The van der Waals surface area contributed by atoms with E-state index in [2.05, 4.69) is 5.32 Å². The molecule has 8 heteroatoms. The van der Waals surface area contributed by atoms with Gasteiger partial charge in [-0.05, 0) is 31.0 Å². The van der Waals surface area contributed by atoms with E-state index in [1.807, 2.05) is 12.1 Å². The van der Waals surface area contributed by atoms with Crippen LogP contribution < -0.4 is 5.32 Å². The molecular weight excluding hydrogens is 370 g/mol. The Morgan fingerprint density at radius 1 is 1.07 bits per heavy atom. The summed E-state index contributed by atoms with van der Waals surface area (Å²) in [5, 5.41) is 3.54. The van der Waals surface area contributed by atoms with E-state index >= 15 is 0 Å². The zero-order valence-electron chi connectivity index (χ0n) is 15.3. The van der Waals surface area contributed by atoms with E-state index in [-0.39, 0.29) is 29.7 Å². The second kappa shape index (κ2) is 8.61. The van der Waals surface area contributed by atoms with Crippen LogP contribution in [-0.2, 0) is 20.9 Å². The van der Waals surface area contributed by atoms with Gasteiger partial charge in [0.1, 0.15) is 0 Å². The van der Waals surface area contributed by atoms with Gasteiger partial charge in [-0.2, -0.15) is 0 Å². The summed E-state index contributed by atoms with van der Waals surface area (Å²) < 4.78 is 4.98. The Bertz CT molecular complexity index is 701. The van der Waals surface area contributed by atoms with Gasteiger partial charge in [-0.3, -0.25) is 9.59 Å². The van der Waals surface area contributed by atoms with Gasteiger partial charge in [0.2, 0.25) is 11.8 Å². The average Bonchev–Trinajstić information content (AvgIpc) is 3.48. The van der Waals surface area contributed by atoms with Crippen molar-refractivity contribution in [1.29, 1.82) is 0 Å². The van der Waals surface area contributed by atoms with Crippen LogP contribution in [0.3, 0.4) is 0 Å². The predicted molar refractivity (Wildman–Crippen MR) is 100 cm³/mol. The Kier molecular flexibility index (Phi) is 6.21. The number of amides is 3. The first-order chi connectivity index (χ1) is 13.0. The Morgan fingerprint density at radius 2 is 1.70 bits per heavy atom. The second-order valence-corrected chi connectivity index (χ2v) is 7.24. The molecule has 2 aliphatic rings. The molecule has 0 radical (unpaired) electrons. The van der Waals surface area contributed by atoms with Crippen LogP contribution in [-0.4, -0.2) is 60.5 Å². The summed E-state index contributed by atoms with van der Waals surface area (Å²) in [6, 6.07) is 7.28. The number of piperazine rings is 1. The minimum atomic E-state index is -0.338. The Hall–Kier alpha value is -2.28. The van der Waals surface area contributed by atoms with E-state index in [1.165, 1.54) is 0 Å². The largest absolute Gasteiger partial charge is 0.450 e. The summed E-state index contributed by atoms with van der Waals surface area (Å²) in [6.45, 7) is 4.41. The Labute approximate surface area is 163 Å². The van der Waals surface area contributed by atoms with Crippen molar-refractivity contribution in [3.05, 3.63) is 34.9 Å². The van der Waals surface area contributed by atoms with Crippen LogP contribution in [0.1, 0.15) is 18.9 Å². The molecule has 3 rings (SSSR count). The zero-order valence-corrected chi connectivity index (χ0v) is 16.1. The highest BCUT2D eigenvalue weighted by molar-refractivity contribution is 6.30. The maximum absolute atomic E-state index is 12.6. The van der Waals surface area contributed by atoms with Crippen LogP contribution in [0.2, 0.25) is 5.02 Å². The number of ether oxygens (including phenoxy) is 1. The summed E-state index contributed by atoms with van der Waals surface area (Å²) in [4.78, 5) is 39.9. The van der Waals surface area contributed by atoms with Crippen molar-refractivity contribution in [2.45, 2.75) is 19.9 Å². The molecule has 2 unspecified atom stereocenters. The van der Waals surface area contributed by atoms with Crippen molar-refractivity contribution in [3.63, 3.8) is 0 Å². The maximum atomic E-state index is 12.6. The summed E-state index contributed by atoms with van der Waals surface area (Å²) in [5.74, 6) is -0.587. The molecule has 7 nitrogen and oxygen atoms in total. The lowest BCUT2D eigenvalue weighted by molar-refractivity contribution is -0.136. The van der Waals surface area contributed by atoms with Gasteiger partial charge in [0.15, 0.2) is 0 Å². The maximum Gasteiger partial charge on any atom is 0.409 e. The van der Waals surface area contributed by atoms with E-state index in [0.29, 0.717) is 50.8 Å². The molecule has 1 aromatic rings. The lowest BCUT2D eigenvalue weighted by Gasteiger charge is -2.34. The highest BCUT2D eigenvalue weighted by atomic mass is 35.5. The van der Waals surface area contributed by atoms with Crippen molar-refractivity contribution in [1.82, 2.24) is 15.1 Å². The van der Waals surface area contributed by atoms with Crippen LogP contribution in [0.25, 0.3) is 0 Å². The van der Waals surface area contributed by atoms with Gasteiger partial charge in [0.05, 0.1) is 18.4 Å². The minimum Gasteiger partial charge on any atom is -0.450 e. The number of nitrogens with zero attached hydrogens (tertiary/aromatic N) is 2. The number of halogens is 1. The van der Waals surface area contributed by atoms with Crippen LogP contribution in [0, 0.1) is 11.8 Å². The SMILES string of the molecule is CCOC(=O)N1CCN(C(=O)C2CC2C(=O)NCc2ccc(Cl)cc2)CC1. The molecule has 1 aliphatic heterocycles. The van der Waals surface area contributed by atoms with Crippen molar-refractivity contribution in [2.75, 3.05) is 32.8 Å². The average molecular weight is 394 g/mol. The number of carbonyl (C=O) groups is 3. The molecule has 1 saturated carbocycles. The topological polar surface area (TPSA) is 79.0 Å². The number of rotatable bonds is 5. The summed E-state index contributed by atoms with van der Waals surface area (Å²) in [6.07, 6.45) is 0.249. The van der Waals surface area contributed by atoms with Crippen LogP contribution >= 0.6 is 11.6 Å². The quantitative estimate of drug-likeness (QED) is 0.828. The molecular formula is C19H24ClN3O4. The van der Waals surface area contributed by atoms with Crippen LogP contribution in [0.4, 0.5) is 4.79 Å². The van der Waals surface area contributed by atoms with Crippen molar-refractivity contribution < 1.29 is 19.1 Å². The van der Waals surface area contributed by atoms with Crippen LogP contribution in [0.15, 0.2) is 24.3 Å². The van der Waals surface area contributed by atoms with Gasteiger partial charge in [0.25, 0.3) is 0 Å². The summed E-state index contributed by atoms with van der Waals surface area (Å²) in [5.41, 5.74) is 0.964. The number of nitrogens with one attached hydrogen (secondary N) is 1. The summed E-state index contributed by atoms with van der Waals surface area (Å²) >= 11 is 5.85. The predicted octanol–water partition coefficient (Wildman–Crippen LogP) is 1.89. The molecule has 1 saturated heterocycles. The van der Waals surface area contributed by atoms with E-state index in [1.54, 1.807) is 28.9 Å². The molecule has 2 fully saturated rings. The monoisotopic (exact) mass is 393 g/mol. The molecule has 27 heavy (non-hydrogen) atoms. The first-order valence-electron chi connectivity index (χ1n) is 9.22.